The van der Waals surface area contributed by atoms with Crippen molar-refractivity contribution < 1.29 is 4.74 Å². The summed E-state index contributed by atoms with van der Waals surface area (Å²) in [6.07, 6.45) is 5.10. The van der Waals surface area contributed by atoms with Gasteiger partial charge in [0.15, 0.2) is 5.82 Å². The lowest BCUT2D eigenvalue weighted by molar-refractivity contribution is 0.122. The van der Waals surface area contributed by atoms with E-state index >= 15 is 0 Å². The van der Waals surface area contributed by atoms with Crippen LogP contribution in [0.25, 0.3) is 39.6 Å². The van der Waals surface area contributed by atoms with E-state index in [1.54, 1.807) is 0 Å². The van der Waals surface area contributed by atoms with Crippen molar-refractivity contribution in [1.82, 2.24) is 14.5 Å². The zero-order chi connectivity index (χ0) is 27.4. The first-order valence-electron chi connectivity index (χ1n) is 14.5. The molecular weight excluding hydrogens is 508 g/mol. The Morgan fingerprint density at radius 3 is 2.34 bits per heavy atom. The molecule has 7 nitrogen and oxygen atoms in total. The quantitative estimate of drug-likeness (QED) is 0.266. The zero-order valence-corrected chi connectivity index (χ0v) is 22.9. The second-order valence-corrected chi connectivity index (χ2v) is 11.2. The number of para-hydroxylation sites is 1. The highest BCUT2D eigenvalue weighted by atomic mass is 16.5. The third kappa shape index (κ3) is 4.04. The third-order valence-corrected chi connectivity index (χ3v) is 8.82. The number of rotatable bonds is 4. The second kappa shape index (κ2) is 9.58. The minimum Gasteiger partial charge on any atom is -0.378 e. The van der Waals surface area contributed by atoms with Crippen LogP contribution in [0.1, 0.15) is 24.8 Å². The molecule has 0 unspecified atom stereocenters. The maximum absolute atomic E-state index is 6.69. The Labute approximate surface area is 239 Å². The van der Waals surface area contributed by atoms with Crippen molar-refractivity contribution in [3.05, 3.63) is 96.7 Å². The van der Waals surface area contributed by atoms with Crippen molar-refractivity contribution in [3.8, 4) is 39.6 Å². The molecule has 0 amide bonds. The lowest BCUT2D eigenvalue weighted by atomic mass is 9.72. The standard InChI is InChI=1S/C34H32N6O/c35-34(16-4-17-34)25-12-8-24(9-13-25)31-30(23-10-14-26(15-11-23)39-19-21-41-22-20-39)38-33-27-5-1-2-6-28(27)37-32-29(40(31)33)7-3-18-36-32/h1-3,5-15,18H,4,16-17,19-22,35H2,(H,36,37). The number of ether oxygens (including phenoxy) is 1. The fraction of sp³-hybridized carbons (Fsp3) is 0.235. The van der Waals surface area contributed by atoms with Crippen LogP contribution < -0.4 is 16.0 Å². The average Bonchev–Trinajstić information content (AvgIpc) is 3.35. The Bertz CT molecular complexity index is 1730. The first-order valence-corrected chi connectivity index (χ1v) is 14.5. The molecule has 7 heteroatoms. The van der Waals surface area contributed by atoms with Gasteiger partial charge in [0.2, 0.25) is 0 Å². The van der Waals surface area contributed by atoms with Crippen LogP contribution >= 0.6 is 0 Å². The highest BCUT2D eigenvalue weighted by molar-refractivity contribution is 5.91. The SMILES string of the molecule is NC1(c2ccc(-c3c(-c4ccc(N5CCOCC5)cc4)nc4n3-c3cccnc3Nc3ccccc3-4)cc2)CCC1. The first-order chi connectivity index (χ1) is 20.2. The Morgan fingerprint density at radius 1 is 0.829 bits per heavy atom. The van der Waals surface area contributed by atoms with Gasteiger partial charge >= 0.3 is 0 Å². The van der Waals surface area contributed by atoms with Gasteiger partial charge in [-0.05, 0) is 61.2 Å². The van der Waals surface area contributed by atoms with Crippen LogP contribution in [0.15, 0.2) is 91.1 Å². The molecule has 41 heavy (non-hydrogen) atoms. The molecule has 0 radical (unpaired) electrons. The minimum atomic E-state index is -0.204. The Hall–Kier alpha value is -4.46. The molecule has 204 valence electrons. The van der Waals surface area contributed by atoms with E-state index in [1.807, 2.05) is 18.3 Å². The molecule has 1 saturated carbocycles. The lowest BCUT2D eigenvalue weighted by Crippen LogP contribution is -2.43. The maximum Gasteiger partial charge on any atom is 0.154 e. The van der Waals surface area contributed by atoms with Gasteiger partial charge in [0, 0.05) is 47.2 Å². The van der Waals surface area contributed by atoms with Crippen LogP contribution in [0, 0.1) is 0 Å². The summed E-state index contributed by atoms with van der Waals surface area (Å²) in [6.45, 7) is 3.35. The molecule has 0 spiro atoms. The number of fused-ring (bicyclic) bond motifs is 5. The molecular formula is C34H32N6O. The van der Waals surface area contributed by atoms with E-state index in [4.69, 9.17) is 20.4 Å². The van der Waals surface area contributed by atoms with Gasteiger partial charge < -0.3 is 20.7 Å². The number of nitrogens with two attached hydrogens (primary N) is 1. The molecule has 4 heterocycles. The number of anilines is 3. The zero-order valence-electron chi connectivity index (χ0n) is 22.9. The van der Waals surface area contributed by atoms with Crippen LogP contribution in [-0.4, -0.2) is 40.8 Å². The Kier molecular flexibility index (Phi) is 5.69. The molecule has 8 rings (SSSR count). The predicted molar refractivity (Wildman–Crippen MR) is 164 cm³/mol. The van der Waals surface area contributed by atoms with E-state index in [0.29, 0.717) is 0 Å². The summed E-state index contributed by atoms with van der Waals surface area (Å²) in [5, 5.41) is 3.56. The fourth-order valence-electron chi connectivity index (χ4n) is 6.35. The van der Waals surface area contributed by atoms with Crippen molar-refractivity contribution in [2.75, 3.05) is 36.5 Å². The van der Waals surface area contributed by atoms with E-state index in [-0.39, 0.29) is 5.54 Å². The van der Waals surface area contributed by atoms with Crippen molar-refractivity contribution >= 4 is 17.2 Å². The summed E-state index contributed by atoms with van der Waals surface area (Å²) < 4.78 is 7.83. The van der Waals surface area contributed by atoms with Gasteiger partial charge in [0.25, 0.3) is 0 Å². The van der Waals surface area contributed by atoms with Crippen molar-refractivity contribution in [3.63, 3.8) is 0 Å². The molecule has 3 N–H and O–H groups in total. The summed E-state index contributed by atoms with van der Waals surface area (Å²) in [7, 11) is 0. The van der Waals surface area contributed by atoms with Crippen molar-refractivity contribution in [1.29, 1.82) is 0 Å². The lowest BCUT2D eigenvalue weighted by Gasteiger charge is -2.38. The number of aromatic nitrogens is 3. The predicted octanol–water partition coefficient (Wildman–Crippen LogP) is 6.50. The summed E-state index contributed by atoms with van der Waals surface area (Å²) in [5.74, 6) is 1.69. The highest BCUT2D eigenvalue weighted by Gasteiger charge is 2.34. The van der Waals surface area contributed by atoms with Gasteiger partial charge in [-0.1, -0.05) is 48.5 Å². The van der Waals surface area contributed by atoms with Crippen molar-refractivity contribution in [2.24, 2.45) is 5.73 Å². The molecule has 0 atom stereocenters. The number of morpholine rings is 1. The number of nitrogens with one attached hydrogen (secondary N) is 1. The molecule has 2 aromatic heterocycles. The smallest absolute Gasteiger partial charge is 0.154 e. The van der Waals surface area contributed by atoms with Gasteiger partial charge in [-0.2, -0.15) is 0 Å². The fourth-order valence-corrected chi connectivity index (χ4v) is 6.35. The van der Waals surface area contributed by atoms with E-state index in [0.717, 1.165) is 90.2 Å². The summed E-state index contributed by atoms with van der Waals surface area (Å²) in [4.78, 5) is 12.5. The number of benzene rings is 3. The summed E-state index contributed by atoms with van der Waals surface area (Å²) in [6, 6.07) is 30.0. The van der Waals surface area contributed by atoms with E-state index in [9.17, 15) is 0 Å². The van der Waals surface area contributed by atoms with Crippen molar-refractivity contribution in [2.45, 2.75) is 24.8 Å². The number of pyridine rings is 1. The first kappa shape index (κ1) is 24.3. The maximum atomic E-state index is 6.69. The van der Waals surface area contributed by atoms with E-state index in [1.165, 1.54) is 17.7 Å². The number of imidazole rings is 1. The second-order valence-electron chi connectivity index (χ2n) is 11.2. The minimum absolute atomic E-state index is 0.204. The molecule has 2 fully saturated rings. The number of nitrogens with zero attached hydrogens (tertiary/aromatic N) is 4. The van der Waals surface area contributed by atoms with Crippen LogP contribution in [-0.2, 0) is 10.3 Å². The molecule has 0 bridgehead atoms. The summed E-state index contributed by atoms with van der Waals surface area (Å²) in [5.41, 5.74) is 16.0. The normalized spacial score (nSPS) is 17.0. The van der Waals surface area contributed by atoms with E-state index < -0.39 is 0 Å². The van der Waals surface area contributed by atoms with Gasteiger partial charge in [-0.3, -0.25) is 4.57 Å². The number of hydrogen-bond donors (Lipinski definition) is 2. The van der Waals surface area contributed by atoms with Crippen LogP contribution in [0.3, 0.4) is 0 Å². The topological polar surface area (TPSA) is 81.2 Å². The average molecular weight is 541 g/mol. The third-order valence-electron chi connectivity index (χ3n) is 8.82. The molecule has 1 aliphatic carbocycles. The molecule has 3 aliphatic rings. The number of hydrogen-bond acceptors (Lipinski definition) is 6. The molecule has 1 saturated heterocycles. The van der Waals surface area contributed by atoms with Crippen LogP contribution in [0.4, 0.5) is 17.2 Å². The molecule has 3 aromatic carbocycles. The van der Waals surface area contributed by atoms with E-state index in [2.05, 4.69) is 87.6 Å². The Balaban J connectivity index is 1.34. The molecule has 5 aromatic rings. The van der Waals surface area contributed by atoms with Crippen LogP contribution in [0.2, 0.25) is 0 Å². The van der Waals surface area contributed by atoms with Crippen LogP contribution in [0.5, 0.6) is 0 Å². The van der Waals surface area contributed by atoms with Gasteiger partial charge in [0.05, 0.1) is 36.0 Å². The monoisotopic (exact) mass is 540 g/mol. The highest BCUT2D eigenvalue weighted by Crippen LogP contribution is 2.45. The van der Waals surface area contributed by atoms with Gasteiger partial charge in [-0.15, -0.1) is 0 Å². The summed E-state index contributed by atoms with van der Waals surface area (Å²) >= 11 is 0. The Morgan fingerprint density at radius 2 is 1.59 bits per heavy atom. The van der Waals surface area contributed by atoms with Gasteiger partial charge in [0.1, 0.15) is 5.82 Å². The largest absolute Gasteiger partial charge is 0.378 e. The molecule has 2 aliphatic heterocycles. The van der Waals surface area contributed by atoms with Gasteiger partial charge in [-0.25, -0.2) is 9.97 Å².